The summed E-state index contributed by atoms with van der Waals surface area (Å²) in [4.78, 5) is 4.40. The number of hydrogen-bond donors (Lipinski definition) is 0. The first-order valence-electron chi connectivity index (χ1n) is 7.73. The Labute approximate surface area is 153 Å². The van der Waals surface area contributed by atoms with E-state index in [2.05, 4.69) is 4.98 Å². The Morgan fingerprint density at radius 1 is 1.04 bits per heavy atom. The van der Waals surface area contributed by atoms with Crippen molar-refractivity contribution in [1.29, 1.82) is 0 Å². The fraction of sp³-hybridized carbons (Fsp3) is 0.278. The predicted molar refractivity (Wildman–Crippen MR) is 102 cm³/mol. The van der Waals surface area contributed by atoms with Gasteiger partial charge in [0.25, 0.3) is 10.0 Å². The van der Waals surface area contributed by atoms with E-state index in [1.165, 1.54) is 10.2 Å². The van der Waals surface area contributed by atoms with Crippen LogP contribution in [0.2, 0.25) is 5.02 Å². The molecule has 0 saturated heterocycles. The molecule has 4 nitrogen and oxygen atoms in total. The number of halogens is 2. The summed E-state index contributed by atoms with van der Waals surface area (Å²) in [6.45, 7) is 7.73. The molecule has 0 aliphatic carbocycles. The predicted octanol–water partition coefficient (Wildman–Crippen LogP) is 5.16. The van der Waals surface area contributed by atoms with Crippen LogP contribution < -0.4 is 0 Å². The second-order valence-corrected chi connectivity index (χ2v) is 7.14. The van der Waals surface area contributed by atoms with Crippen LogP contribution in [0.3, 0.4) is 0 Å². The van der Waals surface area contributed by atoms with Crippen molar-refractivity contribution in [2.75, 3.05) is 7.18 Å². The van der Waals surface area contributed by atoms with E-state index in [0.29, 0.717) is 23.2 Å². The molecular weight excluding hydrogens is 363 g/mol. The number of pyridine rings is 1. The number of alkyl halides is 1. The van der Waals surface area contributed by atoms with Crippen LogP contribution in [0.4, 0.5) is 4.39 Å². The fourth-order valence-corrected chi connectivity index (χ4v) is 3.93. The molecule has 0 fully saturated rings. The van der Waals surface area contributed by atoms with Gasteiger partial charge in [-0.2, -0.15) is 0 Å². The normalized spacial score (nSPS) is 10.5. The minimum absolute atomic E-state index is 0.228. The van der Waals surface area contributed by atoms with E-state index in [9.17, 15) is 12.8 Å². The van der Waals surface area contributed by atoms with Crippen molar-refractivity contribution in [2.45, 2.75) is 32.6 Å². The Morgan fingerprint density at radius 3 is 2.16 bits per heavy atom. The molecule has 7 heteroatoms. The molecular formula is C18H22ClFN2O2S. The lowest BCUT2D eigenvalue weighted by Gasteiger charge is -2.07. The molecule has 0 radical (unpaired) electrons. The van der Waals surface area contributed by atoms with Crippen LogP contribution in [0.25, 0.3) is 11.0 Å². The Kier molecular flexibility index (Phi) is 7.58. The number of nitrogens with zero attached hydrogens (tertiary/aromatic N) is 2. The van der Waals surface area contributed by atoms with Crippen LogP contribution in [0.15, 0.2) is 47.6 Å². The smallest absolute Gasteiger partial charge is 0.255 e. The summed E-state index contributed by atoms with van der Waals surface area (Å²) >= 11 is 6.14. The number of fused-ring (bicyclic) bond motifs is 1. The topological polar surface area (TPSA) is 52.0 Å². The van der Waals surface area contributed by atoms with Crippen molar-refractivity contribution >= 4 is 32.7 Å². The standard InChI is InChI=1S/C15H13ClN2O2S.C2H6.CH3F/c1-10-3-5-12(6-4-10)21(19,20)18-9-11(2)14-13(16)7-8-17-15(14)18;2*1-2/h3-9H,1-2H3;1-2H3;1H3. The highest BCUT2D eigenvalue weighted by Gasteiger charge is 2.21. The van der Waals surface area contributed by atoms with Gasteiger partial charge in [0.1, 0.15) is 0 Å². The van der Waals surface area contributed by atoms with Crippen LogP contribution in [0.1, 0.15) is 25.0 Å². The number of hydrogen-bond acceptors (Lipinski definition) is 3. The summed E-state index contributed by atoms with van der Waals surface area (Å²) in [7, 11) is -3.18. The van der Waals surface area contributed by atoms with E-state index >= 15 is 0 Å². The molecule has 0 unspecified atom stereocenters. The first-order chi connectivity index (χ1) is 11.9. The van der Waals surface area contributed by atoms with E-state index in [0.717, 1.165) is 11.1 Å². The van der Waals surface area contributed by atoms with Gasteiger partial charge < -0.3 is 0 Å². The molecule has 0 N–H and O–H groups in total. The van der Waals surface area contributed by atoms with Crippen LogP contribution in [0, 0.1) is 13.8 Å². The quantitative estimate of drug-likeness (QED) is 0.613. The lowest BCUT2D eigenvalue weighted by atomic mass is 10.2. The number of benzene rings is 1. The number of aryl methyl sites for hydroxylation is 2. The maximum absolute atomic E-state index is 12.8. The van der Waals surface area contributed by atoms with E-state index < -0.39 is 10.0 Å². The van der Waals surface area contributed by atoms with Crippen molar-refractivity contribution in [3.63, 3.8) is 0 Å². The van der Waals surface area contributed by atoms with Crippen molar-refractivity contribution in [3.8, 4) is 0 Å². The Balaban J connectivity index is 0.000000730. The van der Waals surface area contributed by atoms with Crippen LogP contribution in [0.5, 0.6) is 0 Å². The summed E-state index contributed by atoms with van der Waals surface area (Å²) in [5.74, 6) is 0. The summed E-state index contributed by atoms with van der Waals surface area (Å²) in [5.41, 5.74) is 2.13. The second-order valence-electron chi connectivity index (χ2n) is 4.92. The van der Waals surface area contributed by atoms with Gasteiger partial charge in [-0.05, 0) is 37.6 Å². The molecule has 136 valence electrons. The van der Waals surface area contributed by atoms with Crippen molar-refractivity contribution in [1.82, 2.24) is 8.96 Å². The summed E-state index contributed by atoms with van der Waals surface area (Å²) < 4.78 is 36.2. The maximum atomic E-state index is 12.8. The molecule has 1 aromatic carbocycles. The SMILES string of the molecule is CC.CF.Cc1ccc(S(=O)(=O)n2cc(C)c3c(Cl)ccnc32)cc1. The largest absolute Gasteiger partial charge is 0.269 e. The fourth-order valence-electron chi connectivity index (χ4n) is 2.27. The van der Waals surface area contributed by atoms with Gasteiger partial charge in [0.2, 0.25) is 0 Å². The zero-order valence-electron chi connectivity index (χ0n) is 14.9. The molecule has 2 aromatic heterocycles. The average molecular weight is 385 g/mol. The zero-order chi connectivity index (χ0) is 19.2. The third-order valence-corrected chi connectivity index (χ3v) is 5.35. The molecule has 0 bridgehead atoms. The Morgan fingerprint density at radius 2 is 1.60 bits per heavy atom. The van der Waals surface area contributed by atoms with E-state index in [1.807, 2.05) is 27.7 Å². The third kappa shape index (κ3) is 4.19. The lowest BCUT2D eigenvalue weighted by molar-refractivity contribution is 0.588. The monoisotopic (exact) mass is 384 g/mol. The zero-order valence-corrected chi connectivity index (χ0v) is 16.5. The van der Waals surface area contributed by atoms with Crippen molar-refractivity contribution in [2.24, 2.45) is 0 Å². The molecule has 0 spiro atoms. The maximum Gasteiger partial charge on any atom is 0.269 e. The van der Waals surface area contributed by atoms with Gasteiger partial charge in [-0.25, -0.2) is 17.4 Å². The average Bonchev–Trinajstić information content (AvgIpc) is 2.98. The molecule has 3 rings (SSSR count). The minimum Gasteiger partial charge on any atom is -0.255 e. The van der Waals surface area contributed by atoms with Crippen LogP contribution in [-0.2, 0) is 10.0 Å². The minimum atomic E-state index is -3.68. The molecule has 0 aliphatic rings. The van der Waals surface area contributed by atoms with Crippen molar-refractivity contribution < 1.29 is 12.8 Å². The highest BCUT2D eigenvalue weighted by molar-refractivity contribution is 7.90. The molecule has 0 saturated carbocycles. The highest BCUT2D eigenvalue weighted by Crippen LogP contribution is 2.29. The Bertz CT molecular complexity index is 936. The van der Waals surface area contributed by atoms with Crippen LogP contribution in [-0.4, -0.2) is 24.6 Å². The Hall–Kier alpha value is -1.92. The van der Waals surface area contributed by atoms with Gasteiger partial charge in [0.05, 0.1) is 17.1 Å². The van der Waals surface area contributed by atoms with Gasteiger partial charge in [-0.15, -0.1) is 0 Å². The molecule has 25 heavy (non-hydrogen) atoms. The first-order valence-corrected chi connectivity index (χ1v) is 9.55. The van der Waals surface area contributed by atoms with Gasteiger partial charge in [-0.1, -0.05) is 43.1 Å². The van der Waals surface area contributed by atoms with Gasteiger partial charge in [0, 0.05) is 17.8 Å². The second kappa shape index (κ2) is 8.97. The third-order valence-electron chi connectivity index (χ3n) is 3.37. The van der Waals surface area contributed by atoms with Gasteiger partial charge in [0.15, 0.2) is 5.65 Å². The van der Waals surface area contributed by atoms with Crippen LogP contribution >= 0.6 is 11.6 Å². The summed E-state index contributed by atoms with van der Waals surface area (Å²) in [5, 5.41) is 1.16. The van der Waals surface area contributed by atoms with E-state index in [1.54, 1.807) is 36.5 Å². The molecule has 2 heterocycles. The van der Waals surface area contributed by atoms with Gasteiger partial charge in [-0.3, -0.25) is 4.39 Å². The molecule has 0 aliphatic heterocycles. The lowest BCUT2D eigenvalue weighted by Crippen LogP contribution is -2.12. The number of aromatic nitrogens is 2. The number of rotatable bonds is 2. The summed E-state index contributed by atoms with van der Waals surface area (Å²) in [6, 6.07) is 8.38. The summed E-state index contributed by atoms with van der Waals surface area (Å²) in [6.07, 6.45) is 3.06. The van der Waals surface area contributed by atoms with Gasteiger partial charge >= 0.3 is 0 Å². The van der Waals surface area contributed by atoms with E-state index in [-0.39, 0.29) is 4.90 Å². The van der Waals surface area contributed by atoms with E-state index in [4.69, 9.17) is 11.6 Å². The molecule has 0 amide bonds. The first kappa shape index (κ1) is 21.1. The highest BCUT2D eigenvalue weighted by atomic mass is 35.5. The molecule has 0 atom stereocenters. The van der Waals surface area contributed by atoms with Crippen molar-refractivity contribution in [3.05, 3.63) is 58.9 Å². The molecule has 3 aromatic rings.